The van der Waals surface area contributed by atoms with Crippen molar-refractivity contribution in [2.45, 2.75) is 13.1 Å². The maximum Gasteiger partial charge on any atom is 0.417 e. The Hall–Kier alpha value is -3.07. The Balaban J connectivity index is 1.47. The van der Waals surface area contributed by atoms with Crippen LogP contribution in [-0.2, 0) is 11.0 Å². The Labute approximate surface area is 180 Å². The van der Waals surface area contributed by atoms with Crippen molar-refractivity contribution in [3.8, 4) is 0 Å². The number of hydrogen-bond acceptors (Lipinski definition) is 4. The summed E-state index contributed by atoms with van der Waals surface area (Å²) in [5, 5.41) is 0.581. The van der Waals surface area contributed by atoms with Crippen LogP contribution in [0.3, 0.4) is 0 Å². The number of Topliss-reactive ketones (excluding diaryl/α,β-unsaturated/α-hetero) is 1. The number of carbonyl (C=O) groups excluding carboxylic acids is 2. The van der Waals surface area contributed by atoms with Gasteiger partial charge in [-0.05, 0) is 19.1 Å². The van der Waals surface area contributed by atoms with Crippen LogP contribution in [0.1, 0.15) is 21.6 Å². The summed E-state index contributed by atoms with van der Waals surface area (Å²) in [5.74, 6) is -0.978. The number of fused-ring (bicyclic) bond motifs is 1. The lowest BCUT2D eigenvalue weighted by molar-refractivity contribution is -0.137. The number of nitrogens with zero attached hydrogens (tertiary/aromatic N) is 3. The van der Waals surface area contributed by atoms with Gasteiger partial charge in [0.05, 0.1) is 16.1 Å². The van der Waals surface area contributed by atoms with E-state index in [0.29, 0.717) is 29.7 Å². The Morgan fingerprint density at radius 2 is 1.81 bits per heavy atom. The number of piperazine rings is 1. The molecule has 2 aromatic heterocycles. The van der Waals surface area contributed by atoms with E-state index in [1.54, 1.807) is 24.0 Å². The van der Waals surface area contributed by atoms with Crippen molar-refractivity contribution >= 4 is 40.0 Å². The molecule has 3 aromatic rings. The number of aromatic amines is 1. The third-order valence-corrected chi connectivity index (χ3v) is 5.61. The van der Waals surface area contributed by atoms with E-state index in [4.69, 9.17) is 11.6 Å². The van der Waals surface area contributed by atoms with Gasteiger partial charge in [0.1, 0.15) is 5.82 Å². The number of nitrogens with one attached hydrogen (secondary N) is 1. The molecule has 0 unspecified atom stereocenters. The number of anilines is 1. The van der Waals surface area contributed by atoms with Crippen molar-refractivity contribution in [1.29, 1.82) is 0 Å². The molecule has 1 amide bonds. The molecule has 3 heterocycles. The van der Waals surface area contributed by atoms with Gasteiger partial charge in [0.2, 0.25) is 0 Å². The quantitative estimate of drug-likeness (QED) is 0.482. The van der Waals surface area contributed by atoms with Crippen LogP contribution < -0.4 is 4.90 Å². The van der Waals surface area contributed by atoms with Crippen molar-refractivity contribution in [1.82, 2.24) is 14.9 Å². The first-order valence-corrected chi connectivity index (χ1v) is 9.93. The van der Waals surface area contributed by atoms with Crippen LogP contribution >= 0.6 is 11.6 Å². The second-order valence-corrected chi connectivity index (χ2v) is 7.71. The first-order chi connectivity index (χ1) is 14.7. The van der Waals surface area contributed by atoms with Crippen molar-refractivity contribution in [3.05, 3.63) is 58.4 Å². The lowest BCUT2D eigenvalue weighted by Gasteiger charge is -2.35. The van der Waals surface area contributed by atoms with Gasteiger partial charge in [-0.1, -0.05) is 29.8 Å². The Morgan fingerprint density at radius 1 is 1.13 bits per heavy atom. The molecule has 0 bridgehead atoms. The molecule has 0 saturated carbocycles. The summed E-state index contributed by atoms with van der Waals surface area (Å²) in [7, 11) is 0. The molecule has 0 spiro atoms. The number of para-hydroxylation sites is 1. The monoisotopic (exact) mass is 450 g/mol. The fraction of sp³-hybridized carbons (Fsp3) is 0.286. The molecule has 31 heavy (non-hydrogen) atoms. The zero-order valence-electron chi connectivity index (χ0n) is 16.5. The molecule has 6 nitrogen and oxygen atoms in total. The van der Waals surface area contributed by atoms with Crippen molar-refractivity contribution in [2.75, 3.05) is 31.1 Å². The molecule has 4 rings (SSSR count). The first kappa shape index (κ1) is 21.2. The Kier molecular flexibility index (Phi) is 5.38. The van der Waals surface area contributed by atoms with Gasteiger partial charge < -0.3 is 14.8 Å². The molecule has 1 aliphatic rings. The van der Waals surface area contributed by atoms with E-state index < -0.39 is 23.4 Å². The van der Waals surface area contributed by atoms with Gasteiger partial charge in [-0.15, -0.1) is 0 Å². The highest BCUT2D eigenvalue weighted by Crippen LogP contribution is 2.33. The first-order valence-electron chi connectivity index (χ1n) is 9.55. The fourth-order valence-electron chi connectivity index (χ4n) is 3.76. The van der Waals surface area contributed by atoms with Gasteiger partial charge in [0.25, 0.3) is 11.7 Å². The van der Waals surface area contributed by atoms with Crippen LogP contribution in [-0.4, -0.2) is 52.7 Å². The number of aromatic nitrogens is 2. The predicted octanol–water partition coefficient (Wildman–Crippen LogP) is 4.08. The maximum absolute atomic E-state index is 12.9. The van der Waals surface area contributed by atoms with Crippen LogP contribution in [0, 0.1) is 6.92 Å². The van der Waals surface area contributed by atoms with Gasteiger partial charge in [-0.25, -0.2) is 4.98 Å². The maximum atomic E-state index is 12.9. The van der Waals surface area contributed by atoms with Gasteiger partial charge in [-0.2, -0.15) is 13.2 Å². The zero-order valence-corrected chi connectivity index (χ0v) is 17.2. The number of benzene rings is 1. The fourth-order valence-corrected chi connectivity index (χ4v) is 4.05. The number of ketones is 1. The third kappa shape index (κ3) is 3.97. The largest absolute Gasteiger partial charge is 0.417 e. The number of aryl methyl sites for hydroxylation is 1. The predicted molar refractivity (Wildman–Crippen MR) is 110 cm³/mol. The molecule has 1 fully saturated rings. The van der Waals surface area contributed by atoms with Gasteiger partial charge in [0.15, 0.2) is 0 Å². The topological polar surface area (TPSA) is 69.3 Å². The lowest BCUT2D eigenvalue weighted by atomic mass is 10.1. The van der Waals surface area contributed by atoms with E-state index in [1.807, 2.05) is 12.1 Å². The Morgan fingerprint density at radius 3 is 2.45 bits per heavy atom. The molecule has 0 aliphatic carbocycles. The van der Waals surface area contributed by atoms with E-state index in [9.17, 15) is 22.8 Å². The molecule has 1 saturated heterocycles. The van der Waals surface area contributed by atoms with E-state index in [-0.39, 0.29) is 23.9 Å². The number of rotatable bonds is 3. The normalized spacial score (nSPS) is 14.9. The average Bonchev–Trinajstić information content (AvgIpc) is 3.08. The SMILES string of the molecule is Cc1[nH]c2ccccc2c1C(=O)C(=O)N1CCN(c2ncc(C(F)(F)F)cc2Cl)CC1. The number of alkyl halides is 3. The molecule has 1 aromatic carbocycles. The summed E-state index contributed by atoms with van der Waals surface area (Å²) in [5.41, 5.74) is 0.841. The zero-order chi connectivity index (χ0) is 22.3. The minimum absolute atomic E-state index is 0.111. The molecule has 162 valence electrons. The molecule has 1 N–H and O–H groups in total. The standard InChI is InChI=1S/C21H18ClF3N4O2/c1-12-17(14-4-2-3-5-16(14)27-12)18(30)20(31)29-8-6-28(7-9-29)19-15(22)10-13(11-26-19)21(23,24)25/h2-5,10-11,27H,6-9H2,1H3. The van der Waals surface area contributed by atoms with E-state index >= 15 is 0 Å². The minimum Gasteiger partial charge on any atom is -0.358 e. The average molecular weight is 451 g/mol. The third-order valence-electron chi connectivity index (χ3n) is 5.33. The van der Waals surface area contributed by atoms with Crippen LogP contribution in [0.2, 0.25) is 5.02 Å². The number of amides is 1. The number of hydrogen-bond donors (Lipinski definition) is 1. The number of carbonyl (C=O) groups is 2. The lowest BCUT2D eigenvalue weighted by Crippen LogP contribution is -2.51. The van der Waals surface area contributed by atoms with Crippen molar-refractivity contribution in [2.24, 2.45) is 0 Å². The summed E-state index contributed by atoms with van der Waals surface area (Å²) < 4.78 is 38.4. The molecule has 0 atom stereocenters. The minimum atomic E-state index is -4.53. The highest BCUT2D eigenvalue weighted by atomic mass is 35.5. The second kappa shape index (κ2) is 7.88. The highest BCUT2D eigenvalue weighted by molar-refractivity contribution is 6.45. The summed E-state index contributed by atoms with van der Waals surface area (Å²) in [6.07, 6.45) is -3.79. The second-order valence-electron chi connectivity index (χ2n) is 7.31. The molecule has 10 heteroatoms. The highest BCUT2D eigenvalue weighted by Gasteiger charge is 2.33. The van der Waals surface area contributed by atoms with Crippen LogP contribution in [0.25, 0.3) is 10.9 Å². The molecular formula is C21H18ClF3N4O2. The number of halogens is 4. The molecule has 1 aliphatic heterocycles. The van der Waals surface area contributed by atoms with Crippen LogP contribution in [0.5, 0.6) is 0 Å². The summed E-state index contributed by atoms with van der Waals surface area (Å²) in [6.45, 7) is 2.79. The molecular weight excluding hydrogens is 433 g/mol. The van der Waals surface area contributed by atoms with Crippen molar-refractivity contribution in [3.63, 3.8) is 0 Å². The van der Waals surface area contributed by atoms with E-state index in [0.717, 1.165) is 17.8 Å². The van der Waals surface area contributed by atoms with Gasteiger partial charge in [0, 0.05) is 49.0 Å². The van der Waals surface area contributed by atoms with Gasteiger partial charge >= 0.3 is 6.18 Å². The Bertz CT molecular complexity index is 1170. The summed E-state index contributed by atoms with van der Waals surface area (Å²) >= 11 is 6.02. The van der Waals surface area contributed by atoms with Gasteiger partial charge in [-0.3, -0.25) is 9.59 Å². The van der Waals surface area contributed by atoms with Crippen LogP contribution in [0.4, 0.5) is 19.0 Å². The van der Waals surface area contributed by atoms with E-state index in [1.165, 1.54) is 4.90 Å². The summed E-state index contributed by atoms with van der Waals surface area (Å²) in [6, 6.07) is 8.11. The molecule has 0 radical (unpaired) electrons. The smallest absolute Gasteiger partial charge is 0.358 e. The summed E-state index contributed by atoms with van der Waals surface area (Å²) in [4.78, 5) is 35.9. The number of H-pyrrole nitrogens is 1. The van der Waals surface area contributed by atoms with Crippen molar-refractivity contribution < 1.29 is 22.8 Å². The van der Waals surface area contributed by atoms with Crippen LogP contribution in [0.15, 0.2) is 36.5 Å². The number of pyridine rings is 1. The van der Waals surface area contributed by atoms with E-state index in [2.05, 4.69) is 9.97 Å².